The van der Waals surface area contributed by atoms with Crippen LogP contribution in [0.2, 0.25) is 0 Å². The molecule has 2 N–H and O–H groups in total. The predicted molar refractivity (Wildman–Crippen MR) is 114 cm³/mol. The minimum absolute atomic E-state index is 0.101. The van der Waals surface area contributed by atoms with E-state index in [1.54, 1.807) is 0 Å². The molecule has 1 fully saturated rings. The van der Waals surface area contributed by atoms with Gasteiger partial charge in [-0.1, -0.05) is 60.7 Å². The van der Waals surface area contributed by atoms with Gasteiger partial charge >= 0.3 is 5.97 Å². The molecule has 1 amide bonds. The highest BCUT2D eigenvalue weighted by Crippen LogP contribution is 2.30. The van der Waals surface area contributed by atoms with E-state index in [1.165, 1.54) is 11.8 Å². The molecule has 31 heavy (non-hydrogen) atoms. The Hall–Kier alpha value is -2.74. The monoisotopic (exact) mass is 427 g/mol. The summed E-state index contributed by atoms with van der Waals surface area (Å²) in [6.07, 6.45) is -3.52. The van der Waals surface area contributed by atoms with Crippen LogP contribution in [0.5, 0.6) is 0 Å². The van der Waals surface area contributed by atoms with Crippen LogP contribution >= 0.6 is 0 Å². The number of aliphatic hydroxyl groups is 2. The van der Waals surface area contributed by atoms with Crippen molar-refractivity contribution in [2.75, 3.05) is 6.61 Å². The number of rotatable bonds is 9. The zero-order chi connectivity index (χ0) is 22.4. The number of morpholine rings is 1. The van der Waals surface area contributed by atoms with Gasteiger partial charge in [-0.05, 0) is 25.0 Å². The Kier molecular flexibility index (Phi) is 7.79. The van der Waals surface area contributed by atoms with Gasteiger partial charge in [0.05, 0.1) is 25.4 Å². The van der Waals surface area contributed by atoms with E-state index in [2.05, 4.69) is 0 Å². The van der Waals surface area contributed by atoms with Crippen LogP contribution < -0.4 is 0 Å². The molecular weight excluding hydrogens is 398 g/mol. The minimum atomic E-state index is -1.26. The molecule has 0 bridgehead atoms. The summed E-state index contributed by atoms with van der Waals surface area (Å²) in [4.78, 5) is 26.9. The maximum absolute atomic E-state index is 12.9. The van der Waals surface area contributed by atoms with Gasteiger partial charge in [-0.3, -0.25) is 4.79 Å². The first kappa shape index (κ1) is 22.9. The van der Waals surface area contributed by atoms with Gasteiger partial charge in [0.1, 0.15) is 12.1 Å². The maximum atomic E-state index is 12.9. The topological polar surface area (TPSA) is 96.3 Å². The zero-order valence-corrected chi connectivity index (χ0v) is 17.8. The van der Waals surface area contributed by atoms with Crippen LogP contribution in [0.1, 0.15) is 37.4 Å². The summed E-state index contributed by atoms with van der Waals surface area (Å²) < 4.78 is 10.7. The molecule has 1 aliphatic rings. The molecule has 3 rings (SSSR count). The molecular formula is C24H29NO6. The van der Waals surface area contributed by atoms with Crippen molar-refractivity contribution in [3.05, 3.63) is 71.8 Å². The number of benzene rings is 2. The maximum Gasteiger partial charge on any atom is 0.329 e. The lowest BCUT2D eigenvalue weighted by molar-refractivity contribution is -0.182. The summed E-state index contributed by atoms with van der Waals surface area (Å²) in [6, 6.07) is 17.4. The van der Waals surface area contributed by atoms with Gasteiger partial charge < -0.3 is 24.6 Å². The summed E-state index contributed by atoms with van der Waals surface area (Å²) in [5.41, 5.74) is 1.81. The largest absolute Gasteiger partial charge is 0.451 e. The molecule has 0 aromatic heterocycles. The number of ether oxygens (including phenoxy) is 2. The van der Waals surface area contributed by atoms with Crippen molar-refractivity contribution < 1.29 is 29.3 Å². The zero-order valence-electron chi connectivity index (χ0n) is 17.8. The van der Waals surface area contributed by atoms with Gasteiger partial charge in [-0.25, -0.2) is 4.79 Å². The van der Waals surface area contributed by atoms with E-state index in [-0.39, 0.29) is 18.9 Å². The standard InChI is InChI=1S/C24H29NO6/c1-16(19-11-7-4-8-12-19)25-20(24(29)31-17(2)23(25)28)13-21(26)22(27)15-30-14-18-9-5-3-6-10-18/h3-12,16-17,20-22,26-27H,13-15H2,1-2H3/t16-,17+,20-,21+,22-/m0/s1. The molecule has 2 aromatic carbocycles. The molecule has 0 unspecified atom stereocenters. The number of hydrogen-bond acceptors (Lipinski definition) is 6. The molecule has 1 heterocycles. The fourth-order valence-corrected chi connectivity index (χ4v) is 3.71. The number of cyclic esters (lactones) is 1. The number of amides is 1. The molecule has 1 aliphatic heterocycles. The molecule has 166 valence electrons. The number of carbonyl (C=O) groups is 2. The second kappa shape index (κ2) is 10.5. The molecule has 0 aliphatic carbocycles. The van der Waals surface area contributed by atoms with Gasteiger partial charge in [0.2, 0.25) is 0 Å². The van der Waals surface area contributed by atoms with Crippen molar-refractivity contribution >= 4 is 11.9 Å². The second-order valence-corrected chi connectivity index (χ2v) is 7.80. The highest BCUT2D eigenvalue weighted by Gasteiger charge is 2.44. The van der Waals surface area contributed by atoms with Crippen molar-refractivity contribution in [1.82, 2.24) is 4.90 Å². The van der Waals surface area contributed by atoms with Crippen LogP contribution in [0.25, 0.3) is 0 Å². The highest BCUT2D eigenvalue weighted by molar-refractivity contribution is 5.92. The van der Waals surface area contributed by atoms with Gasteiger partial charge in [0, 0.05) is 6.42 Å². The van der Waals surface area contributed by atoms with Crippen LogP contribution in [-0.4, -0.2) is 58.0 Å². The summed E-state index contributed by atoms with van der Waals surface area (Å²) in [6.45, 7) is 3.56. The Labute approximate surface area is 182 Å². The third-order valence-corrected chi connectivity index (χ3v) is 5.51. The van der Waals surface area contributed by atoms with Crippen LogP contribution in [0.3, 0.4) is 0 Å². The minimum Gasteiger partial charge on any atom is -0.451 e. The third kappa shape index (κ3) is 5.70. The number of esters is 1. The summed E-state index contributed by atoms with van der Waals surface area (Å²) >= 11 is 0. The lowest BCUT2D eigenvalue weighted by Crippen LogP contribution is -2.58. The number of nitrogens with zero attached hydrogens (tertiary/aromatic N) is 1. The summed E-state index contributed by atoms with van der Waals surface area (Å²) in [5.74, 6) is -0.922. The molecule has 0 radical (unpaired) electrons. The molecule has 1 saturated heterocycles. The SMILES string of the molecule is C[C@H]1OC(=O)[C@H](C[C@@H](O)[C@@H](O)COCc2ccccc2)N([C@@H](C)c2ccccc2)C1=O. The molecule has 0 saturated carbocycles. The van der Waals surface area contributed by atoms with Gasteiger partial charge in [0.15, 0.2) is 6.10 Å². The fourth-order valence-electron chi connectivity index (χ4n) is 3.71. The fraction of sp³-hybridized carbons (Fsp3) is 0.417. The quantitative estimate of drug-likeness (QED) is 0.596. The van der Waals surface area contributed by atoms with E-state index in [0.29, 0.717) is 6.61 Å². The van der Waals surface area contributed by atoms with E-state index >= 15 is 0 Å². The predicted octanol–water partition coefficient (Wildman–Crippen LogP) is 2.22. The number of aliphatic hydroxyl groups excluding tert-OH is 2. The molecule has 7 heteroatoms. The first-order chi connectivity index (χ1) is 14.9. The third-order valence-electron chi connectivity index (χ3n) is 5.51. The van der Waals surface area contributed by atoms with Crippen molar-refractivity contribution in [2.24, 2.45) is 0 Å². The second-order valence-electron chi connectivity index (χ2n) is 7.80. The van der Waals surface area contributed by atoms with Crippen molar-refractivity contribution in [2.45, 2.75) is 57.3 Å². The van der Waals surface area contributed by atoms with Gasteiger partial charge in [0.25, 0.3) is 5.91 Å². The van der Waals surface area contributed by atoms with Crippen LogP contribution in [0.4, 0.5) is 0 Å². The Morgan fingerprint density at radius 3 is 2.26 bits per heavy atom. The first-order valence-electron chi connectivity index (χ1n) is 10.4. The molecule has 5 atom stereocenters. The average Bonchev–Trinajstić information content (AvgIpc) is 2.78. The van der Waals surface area contributed by atoms with Crippen molar-refractivity contribution in [1.29, 1.82) is 0 Å². The Bertz CT molecular complexity index is 859. The number of carbonyl (C=O) groups excluding carboxylic acids is 2. The first-order valence-corrected chi connectivity index (χ1v) is 10.4. The lowest BCUT2D eigenvalue weighted by Gasteiger charge is -2.41. The Balaban J connectivity index is 1.66. The molecule has 2 aromatic rings. The summed E-state index contributed by atoms with van der Waals surface area (Å²) in [7, 11) is 0. The van der Waals surface area contributed by atoms with Crippen LogP contribution in [0, 0.1) is 0 Å². The average molecular weight is 427 g/mol. The van der Waals surface area contributed by atoms with Crippen LogP contribution in [-0.2, 0) is 25.7 Å². The van der Waals surface area contributed by atoms with Gasteiger partial charge in [-0.15, -0.1) is 0 Å². The van der Waals surface area contributed by atoms with E-state index < -0.39 is 36.4 Å². The van der Waals surface area contributed by atoms with Crippen molar-refractivity contribution in [3.63, 3.8) is 0 Å². The van der Waals surface area contributed by atoms with Gasteiger partial charge in [-0.2, -0.15) is 0 Å². The smallest absolute Gasteiger partial charge is 0.329 e. The van der Waals surface area contributed by atoms with E-state index in [0.717, 1.165) is 11.1 Å². The molecule has 7 nitrogen and oxygen atoms in total. The molecule has 0 spiro atoms. The van der Waals surface area contributed by atoms with E-state index in [4.69, 9.17) is 9.47 Å². The van der Waals surface area contributed by atoms with Crippen LogP contribution in [0.15, 0.2) is 60.7 Å². The Morgan fingerprint density at radius 1 is 1.00 bits per heavy atom. The highest BCUT2D eigenvalue weighted by atomic mass is 16.6. The van der Waals surface area contributed by atoms with Crippen molar-refractivity contribution in [3.8, 4) is 0 Å². The van der Waals surface area contributed by atoms with E-state index in [1.807, 2.05) is 67.6 Å². The van der Waals surface area contributed by atoms with E-state index in [9.17, 15) is 19.8 Å². The normalized spacial score (nSPS) is 22.0. The lowest BCUT2D eigenvalue weighted by atomic mass is 9.97. The Morgan fingerprint density at radius 2 is 1.61 bits per heavy atom. The number of hydrogen-bond donors (Lipinski definition) is 2. The summed E-state index contributed by atoms with van der Waals surface area (Å²) in [5, 5.41) is 20.9.